The van der Waals surface area contributed by atoms with Gasteiger partial charge in [0.1, 0.15) is 12.1 Å². The molecule has 2 fully saturated rings. The van der Waals surface area contributed by atoms with Crippen LogP contribution in [0.25, 0.3) is 0 Å². The first-order chi connectivity index (χ1) is 13.8. The number of amides is 3. The van der Waals surface area contributed by atoms with Gasteiger partial charge in [0.25, 0.3) is 0 Å². The fraction of sp³-hybridized carbons (Fsp3) is 0.591. The van der Waals surface area contributed by atoms with Crippen LogP contribution >= 0.6 is 0 Å². The Balaban J connectivity index is 1.61. The molecule has 158 valence electrons. The Morgan fingerprint density at radius 1 is 1.14 bits per heavy atom. The molecule has 1 saturated heterocycles. The van der Waals surface area contributed by atoms with E-state index in [4.69, 9.17) is 5.73 Å². The van der Waals surface area contributed by atoms with Gasteiger partial charge in [-0.1, -0.05) is 44.2 Å². The number of carbonyl (C=O) groups is 3. The molecule has 29 heavy (non-hydrogen) atoms. The van der Waals surface area contributed by atoms with Gasteiger partial charge in [0.05, 0.1) is 6.04 Å². The Kier molecular flexibility index (Phi) is 6.57. The summed E-state index contributed by atoms with van der Waals surface area (Å²) in [6.45, 7) is 5.87. The molecule has 0 radical (unpaired) electrons. The summed E-state index contributed by atoms with van der Waals surface area (Å²) in [5.74, 6) is -0.414. The molecule has 3 rings (SSSR count). The summed E-state index contributed by atoms with van der Waals surface area (Å²) in [6, 6.07) is 8.43. The lowest BCUT2D eigenvalue weighted by Crippen LogP contribution is -2.57. The van der Waals surface area contributed by atoms with E-state index in [9.17, 15) is 14.4 Å². The summed E-state index contributed by atoms with van der Waals surface area (Å²) in [6.07, 6.45) is 2.35. The van der Waals surface area contributed by atoms with E-state index in [-0.39, 0.29) is 29.7 Å². The Hall–Kier alpha value is -2.41. The minimum absolute atomic E-state index is 0.0968. The Bertz CT molecular complexity index is 750. The third kappa shape index (κ3) is 4.96. The fourth-order valence-corrected chi connectivity index (χ4v) is 3.98. The molecule has 1 aliphatic carbocycles. The molecule has 1 aromatic rings. The van der Waals surface area contributed by atoms with Crippen molar-refractivity contribution in [3.8, 4) is 0 Å². The van der Waals surface area contributed by atoms with Gasteiger partial charge in [-0.3, -0.25) is 14.4 Å². The highest BCUT2D eigenvalue weighted by molar-refractivity contribution is 5.93. The topological polar surface area (TPSA) is 105 Å². The van der Waals surface area contributed by atoms with Crippen molar-refractivity contribution in [2.45, 2.75) is 70.1 Å². The zero-order valence-electron chi connectivity index (χ0n) is 17.4. The van der Waals surface area contributed by atoms with Crippen LogP contribution in [0.1, 0.15) is 51.5 Å². The number of nitrogens with two attached hydrogens (primary N) is 1. The standard InChI is InChI=1S/C22H32N4O3/c1-13(2)19(25-20(27)14(3)23)22(29)26-11-7-10-18(26)21(28)24-17-12-16(17)15-8-5-4-6-9-15/h4-6,8-9,13-14,16-19H,7,10-12,23H2,1-3H3,(H,24,28)(H,25,27)/t14-,16+,17-,18-,19-/m0/s1. The molecule has 3 amide bonds. The maximum absolute atomic E-state index is 13.1. The van der Waals surface area contributed by atoms with Crippen LogP contribution in [0, 0.1) is 5.92 Å². The number of likely N-dealkylation sites (tertiary alicyclic amines) is 1. The number of hydrogen-bond acceptors (Lipinski definition) is 4. The number of hydrogen-bond donors (Lipinski definition) is 3. The minimum Gasteiger partial charge on any atom is -0.351 e. The average Bonchev–Trinajstić information content (AvgIpc) is 3.27. The van der Waals surface area contributed by atoms with Gasteiger partial charge in [-0.2, -0.15) is 0 Å². The Morgan fingerprint density at radius 3 is 2.45 bits per heavy atom. The van der Waals surface area contributed by atoms with Crippen LogP contribution in [-0.2, 0) is 14.4 Å². The van der Waals surface area contributed by atoms with E-state index in [1.807, 2.05) is 32.0 Å². The molecule has 1 saturated carbocycles. The molecule has 5 atom stereocenters. The van der Waals surface area contributed by atoms with Crippen LogP contribution in [0.5, 0.6) is 0 Å². The van der Waals surface area contributed by atoms with Gasteiger partial charge in [0.15, 0.2) is 0 Å². The van der Waals surface area contributed by atoms with E-state index in [1.165, 1.54) is 5.56 Å². The van der Waals surface area contributed by atoms with E-state index in [0.29, 0.717) is 18.9 Å². The summed E-state index contributed by atoms with van der Waals surface area (Å²) >= 11 is 0. The molecule has 0 unspecified atom stereocenters. The maximum Gasteiger partial charge on any atom is 0.246 e. The van der Waals surface area contributed by atoms with Crippen LogP contribution < -0.4 is 16.4 Å². The second-order valence-corrected chi connectivity index (χ2v) is 8.58. The third-order valence-corrected chi connectivity index (χ3v) is 5.83. The first kappa shape index (κ1) is 21.3. The normalized spacial score (nSPS) is 25.4. The predicted molar refractivity (Wildman–Crippen MR) is 111 cm³/mol. The first-order valence-corrected chi connectivity index (χ1v) is 10.5. The van der Waals surface area contributed by atoms with Crippen LogP contribution in [0.2, 0.25) is 0 Å². The van der Waals surface area contributed by atoms with Crippen LogP contribution in [0.15, 0.2) is 30.3 Å². The number of nitrogens with zero attached hydrogens (tertiary/aromatic N) is 1. The SMILES string of the molecule is CC(C)[C@H](NC(=O)[C@H](C)N)C(=O)N1CCC[C@H]1C(=O)N[C@H]1C[C@@H]1c1ccccc1. The van der Waals surface area contributed by atoms with E-state index in [2.05, 4.69) is 22.8 Å². The molecule has 2 aliphatic rings. The summed E-state index contributed by atoms with van der Waals surface area (Å²) < 4.78 is 0. The number of carbonyl (C=O) groups excluding carboxylic acids is 3. The van der Waals surface area contributed by atoms with Gasteiger partial charge >= 0.3 is 0 Å². The van der Waals surface area contributed by atoms with Gasteiger partial charge in [-0.05, 0) is 37.7 Å². The molecule has 7 nitrogen and oxygen atoms in total. The van der Waals surface area contributed by atoms with Crippen molar-refractivity contribution in [3.63, 3.8) is 0 Å². The van der Waals surface area contributed by atoms with Crippen LogP contribution in [0.4, 0.5) is 0 Å². The lowest BCUT2D eigenvalue weighted by molar-refractivity contribution is -0.142. The van der Waals surface area contributed by atoms with Crippen molar-refractivity contribution in [1.29, 1.82) is 0 Å². The lowest BCUT2D eigenvalue weighted by atomic mass is 10.0. The molecule has 7 heteroatoms. The molecular formula is C22H32N4O3. The molecule has 4 N–H and O–H groups in total. The van der Waals surface area contributed by atoms with E-state index >= 15 is 0 Å². The summed E-state index contributed by atoms with van der Waals surface area (Å²) in [7, 11) is 0. The number of benzene rings is 1. The van der Waals surface area contributed by atoms with Gasteiger partial charge < -0.3 is 21.3 Å². The van der Waals surface area contributed by atoms with Crippen LogP contribution in [-0.4, -0.2) is 53.3 Å². The van der Waals surface area contributed by atoms with Crippen molar-refractivity contribution < 1.29 is 14.4 Å². The Morgan fingerprint density at radius 2 is 1.83 bits per heavy atom. The van der Waals surface area contributed by atoms with Gasteiger partial charge in [0.2, 0.25) is 17.7 Å². The van der Waals surface area contributed by atoms with Crippen molar-refractivity contribution in [2.75, 3.05) is 6.54 Å². The highest BCUT2D eigenvalue weighted by atomic mass is 16.2. The second kappa shape index (κ2) is 8.95. The molecule has 1 aliphatic heterocycles. The number of nitrogens with one attached hydrogen (secondary N) is 2. The van der Waals surface area contributed by atoms with Crippen molar-refractivity contribution in [2.24, 2.45) is 11.7 Å². The third-order valence-electron chi connectivity index (χ3n) is 5.83. The monoisotopic (exact) mass is 400 g/mol. The first-order valence-electron chi connectivity index (χ1n) is 10.5. The van der Waals surface area contributed by atoms with Gasteiger partial charge in [-0.15, -0.1) is 0 Å². The largest absolute Gasteiger partial charge is 0.351 e. The molecule has 0 spiro atoms. The molecule has 0 aromatic heterocycles. The molecule has 1 aromatic carbocycles. The summed E-state index contributed by atoms with van der Waals surface area (Å²) in [5.41, 5.74) is 6.87. The summed E-state index contributed by atoms with van der Waals surface area (Å²) in [4.78, 5) is 39.7. The minimum atomic E-state index is -0.688. The van der Waals surface area contributed by atoms with Crippen molar-refractivity contribution in [1.82, 2.24) is 15.5 Å². The molecule has 0 bridgehead atoms. The summed E-state index contributed by atoms with van der Waals surface area (Å²) in [5, 5.41) is 5.86. The number of rotatable bonds is 7. The van der Waals surface area contributed by atoms with E-state index in [1.54, 1.807) is 11.8 Å². The lowest BCUT2D eigenvalue weighted by Gasteiger charge is -2.31. The second-order valence-electron chi connectivity index (χ2n) is 8.58. The quantitative estimate of drug-likeness (QED) is 0.638. The van der Waals surface area contributed by atoms with Gasteiger partial charge in [-0.25, -0.2) is 0 Å². The molecular weight excluding hydrogens is 368 g/mol. The van der Waals surface area contributed by atoms with Crippen LogP contribution in [0.3, 0.4) is 0 Å². The molecule has 1 heterocycles. The van der Waals surface area contributed by atoms with Gasteiger partial charge in [0, 0.05) is 18.5 Å². The Labute approximate surface area is 172 Å². The van der Waals surface area contributed by atoms with E-state index < -0.39 is 18.1 Å². The zero-order chi connectivity index (χ0) is 21.1. The fourth-order valence-electron chi connectivity index (χ4n) is 3.98. The maximum atomic E-state index is 13.1. The highest BCUT2D eigenvalue weighted by Crippen LogP contribution is 2.40. The zero-order valence-corrected chi connectivity index (χ0v) is 17.4. The smallest absolute Gasteiger partial charge is 0.246 e. The van der Waals surface area contributed by atoms with Crippen molar-refractivity contribution >= 4 is 17.7 Å². The average molecular weight is 401 g/mol. The van der Waals surface area contributed by atoms with E-state index in [0.717, 1.165) is 12.8 Å². The highest BCUT2D eigenvalue weighted by Gasteiger charge is 2.43. The predicted octanol–water partition coefficient (Wildman–Crippen LogP) is 1.14. The van der Waals surface area contributed by atoms with Crippen molar-refractivity contribution in [3.05, 3.63) is 35.9 Å².